The van der Waals surface area contributed by atoms with Crippen molar-refractivity contribution in [3.05, 3.63) is 78.7 Å². The van der Waals surface area contributed by atoms with Crippen LogP contribution in [0.2, 0.25) is 0 Å². The summed E-state index contributed by atoms with van der Waals surface area (Å²) in [5.74, 6) is -2.64. The van der Waals surface area contributed by atoms with Gasteiger partial charge in [0.05, 0.1) is 15.5 Å². The number of hydrogen-bond donors (Lipinski definition) is 6. The smallest absolute Gasteiger partial charge is 0.315 e. The zero-order chi connectivity index (χ0) is 43.0. The van der Waals surface area contributed by atoms with Crippen LogP contribution in [0.25, 0.3) is 10.8 Å². The molecule has 5 rings (SSSR count). The molecule has 306 valence electrons. The van der Waals surface area contributed by atoms with Gasteiger partial charge in [-0.1, -0.05) is 19.6 Å². The van der Waals surface area contributed by atoms with Crippen LogP contribution in [0.5, 0.6) is 5.75 Å². The monoisotopic (exact) mass is 880 g/mol. The standard InChI is InChI=1S/C32H29FN8O13S4/c1-4-26(42)35-23-16-21(56(46,47)48)12-17-13-25(58(52,53)54)28(29(43)27(17)23)40-39-22-14-18(10-11-24(22)57(49,50)51)34-31-36-30(33)37-32(38-31)41(5-2)19-8-7-9-20(15-19)55(44,45)6-3/h6-16,43H,3-5H2,1-2H3,(H,35,42)(H,46,47,48)(H,49,50,51)(H,52,53,54)(H,34,36,37,38)/b40-39+. The first-order valence-corrected chi connectivity index (χ1v) is 21.9. The van der Waals surface area contributed by atoms with Crippen LogP contribution < -0.4 is 15.5 Å². The molecule has 1 heterocycles. The van der Waals surface area contributed by atoms with Crippen molar-refractivity contribution >= 4 is 97.2 Å². The fourth-order valence-corrected chi connectivity index (χ4v) is 7.79. The van der Waals surface area contributed by atoms with Crippen molar-refractivity contribution in [1.82, 2.24) is 15.0 Å². The molecule has 26 heteroatoms. The summed E-state index contributed by atoms with van der Waals surface area (Å²) in [7, 11) is -19.3. The Hall–Kier alpha value is -6.03. The van der Waals surface area contributed by atoms with E-state index in [1.54, 1.807) is 6.92 Å². The van der Waals surface area contributed by atoms with Crippen molar-refractivity contribution < 1.29 is 61.6 Å². The van der Waals surface area contributed by atoms with Gasteiger partial charge in [-0.2, -0.15) is 44.6 Å². The lowest BCUT2D eigenvalue weighted by molar-refractivity contribution is -0.115. The van der Waals surface area contributed by atoms with Gasteiger partial charge in [0.1, 0.15) is 21.2 Å². The highest BCUT2D eigenvalue weighted by Crippen LogP contribution is 2.45. The van der Waals surface area contributed by atoms with E-state index in [1.807, 2.05) is 0 Å². The Morgan fingerprint density at radius 2 is 1.53 bits per heavy atom. The molecule has 0 bridgehead atoms. The number of aromatic nitrogens is 3. The number of aromatic hydroxyl groups is 1. The molecule has 0 unspecified atom stereocenters. The summed E-state index contributed by atoms with van der Waals surface area (Å²) in [6.45, 7) is 6.44. The first-order valence-electron chi connectivity index (χ1n) is 16.0. The van der Waals surface area contributed by atoms with E-state index in [9.17, 15) is 61.6 Å². The average molecular weight is 881 g/mol. The topological polar surface area (TPSA) is 325 Å². The Morgan fingerprint density at radius 1 is 0.845 bits per heavy atom. The number of halogens is 1. The number of fused-ring (bicyclic) bond motifs is 1. The minimum absolute atomic E-state index is 0.0927. The van der Waals surface area contributed by atoms with Crippen LogP contribution >= 0.6 is 0 Å². The molecule has 4 aromatic carbocycles. The fraction of sp³-hybridized carbons (Fsp3) is 0.125. The van der Waals surface area contributed by atoms with Gasteiger partial charge >= 0.3 is 6.08 Å². The second kappa shape index (κ2) is 16.1. The quantitative estimate of drug-likeness (QED) is 0.0617. The van der Waals surface area contributed by atoms with Crippen LogP contribution in [0.15, 0.2) is 102 Å². The van der Waals surface area contributed by atoms with Crippen molar-refractivity contribution in [2.24, 2.45) is 10.2 Å². The summed E-state index contributed by atoms with van der Waals surface area (Å²) in [5, 5.41) is 23.4. The zero-order valence-electron chi connectivity index (χ0n) is 29.6. The highest BCUT2D eigenvalue weighted by molar-refractivity contribution is 7.94. The number of hydrogen-bond acceptors (Lipinski definition) is 17. The van der Waals surface area contributed by atoms with Crippen molar-refractivity contribution in [1.29, 1.82) is 0 Å². The molecule has 58 heavy (non-hydrogen) atoms. The second-order valence-corrected chi connectivity index (χ2v) is 17.8. The van der Waals surface area contributed by atoms with E-state index in [-0.39, 0.29) is 35.2 Å². The molecule has 0 fully saturated rings. The molecule has 0 saturated heterocycles. The van der Waals surface area contributed by atoms with Crippen LogP contribution in [-0.2, 0) is 45.0 Å². The highest BCUT2D eigenvalue weighted by Gasteiger charge is 2.27. The summed E-state index contributed by atoms with van der Waals surface area (Å²) < 4.78 is 143. The molecule has 0 atom stereocenters. The minimum atomic E-state index is -5.37. The van der Waals surface area contributed by atoms with Crippen molar-refractivity contribution in [2.45, 2.75) is 39.9 Å². The second-order valence-electron chi connectivity index (χ2n) is 11.7. The van der Waals surface area contributed by atoms with Gasteiger partial charge in [-0.25, -0.2) is 8.42 Å². The maximum Gasteiger partial charge on any atom is 0.315 e. The molecule has 0 aliphatic carbocycles. The maximum atomic E-state index is 14.8. The number of amides is 1. The number of nitrogens with one attached hydrogen (secondary N) is 2. The molecule has 1 amide bonds. The predicted molar refractivity (Wildman–Crippen MR) is 204 cm³/mol. The molecule has 0 aliphatic heterocycles. The number of sulfone groups is 1. The van der Waals surface area contributed by atoms with Crippen molar-refractivity contribution in [3.63, 3.8) is 0 Å². The molecule has 0 spiro atoms. The van der Waals surface area contributed by atoms with Crippen molar-refractivity contribution in [3.8, 4) is 5.75 Å². The van der Waals surface area contributed by atoms with Crippen LogP contribution in [0.1, 0.15) is 20.3 Å². The number of phenols is 1. The van der Waals surface area contributed by atoms with E-state index in [2.05, 4.69) is 42.4 Å². The Balaban J connectivity index is 1.64. The van der Waals surface area contributed by atoms with Gasteiger partial charge < -0.3 is 20.6 Å². The number of carbonyl (C=O) groups is 1. The Bertz CT molecular complexity index is 3000. The van der Waals surface area contributed by atoms with E-state index in [4.69, 9.17) is 0 Å². The maximum absolute atomic E-state index is 14.8. The van der Waals surface area contributed by atoms with Gasteiger partial charge in [-0.15, -0.1) is 10.2 Å². The summed E-state index contributed by atoms with van der Waals surface area (Å²) in [4.78, 5) is 22.0. The summed E-state index contributed by atoms with van der Waals surface area (Å²) in [6, 6.07) is 10.4. The van der Waals surface area contributed by atoms with E-state index in [1.165, 1.54) is 36.1 Å². The van der Waals surface area contributed by atoms with E-state index >= 15 is 0 Å². The third-order valence-corrected chi connectivity index (χ3v) is 11.8. The van der Waals surface area contributed by atoms with Crippen molar-refractivity contribution in [2.75, 3.05) is 22.1 Å². The van der Waals surface area contributed by atoms with E-state index in [0.717, 1.165) is 29.7 Å². The average Bonchev–Trinajstić information content (AvgIpc) is 3.13. The molecule has 6 N–H and O–H groups in total. The summed E-state index contributed by atoms with van der Waals surface area (Å²) in [6.07, 6.45) is -1.47. The van der Waals surface area contributed by atoms with Gasteiger partial charge in [0.15, 0.2) is 15.6 Å². The number of azo groups is 1. The summed E-state index contributed by atoms with van der Waals surface area (Å²) in [5.41, 5.74) is -2.19. The number of benzene rings is 4. The lowest BCUT2D eigenvalue weighted by Gasteiger charge is -2.21. The van der Waals surface area contributed by atoms with E-state index in [0.29, 0.717) is 12.1 Å². The fourth-order valence-electron chi connectivity index (χ4n) is 5.24. The molecule has 1 aromatic heterocycles. The molecule has 0 saturated carbocycles. The molecule has 21 nitrogen and oxygen atoms in total. The molecule has 5 aromatic rings. The molecular weight excluding hydrogens is 852 g/mol. The Kier molecular flexibility index (Phi) is 11.9. The van der Waals surface area contributed by atoms with Crippen LogP contribution in [0.3, 0.4) is 0 Å². The van der Waals surface area contributed by atoms with Crippen LogP contribution in [0, 0.1) is 6.08 Å². The normalized spacial score (nSPS) is 12.4. The first kappa shape index (κ1) is 43.1. The lowest BCUT2D eigenvalue weighted by Crippen LogP contribution is -2.20. The predicted octanol–water partition coefficient (Wildman–Crippen LogP) is 5.19. The van der Waals surface area contributed by atoms with E-state index < -0.39 is 106 Å². The zero-order valence-corrected chi connectivity index (χ0v) is 32.9. The largest absolute Gasteiger partial charge is 0.505 e. The Labute approximate surface area is 329 Å². The Morgan fingerprint density at radius 3 is 2.14 bits per heavy atom. The SMILES string of the molecule is C=CS(=O)(=O)c1cccc(N(CC)c2nc(F)nc(Nc3ccc(S(=O)(=O)O)c(/N=N/c4c(S(=O)(=O)O)cc5cc(S(=O)(=O)O)cc(NC(=O)CC)c5c4O)c3)n2)c1. The number of rotatable bonds is 14. The minimum Gasteiger partial charge on any atom is -0.505 e. The van der Waals surface area contributed by atoms with Gasteiger partial charge in [0, 0.05) is 35.1 Å². The van der Waals surface area contributed by atoms with Gasteiger partial charge in [-0.05, 0) is 66.9 Å². The van der Waals surface area contributed by atoms with Crippen LogP contribution in [0.4, 0.5) is 44.7 Å². The number of nitrogens with zero attached hydrogens (tertiary/aromatic N) is 6. The molecule has 0 radical (unpaired) electrons. The van der Waals surface area contributed by atoms with Gasteiger partial charge in [0.2, 0.25) is 17.8 Å². The number of carbonyl (C=O) groups excluding carboxylic acids is 1. The third-order valence-electron chi connectivity index (χ3n) is 7.88. The highest BCUT2D eigenvalue weighted by atomic mass is 32.2. The number of phenolic OH excluding ortho intramolecular Hbond substituents is 1. The summed E-state index contributed by atoms with van der Waals surface area (Å²) >= 11 is 0. The number of anilines is 5. The molecule has 0 aliphatic rings. The third kappa shape index (κ3) is 9.39. The first-order chi connectivity index (χ1) is 27.0. The van der Waals surface area contributed by atoms with Gasteiger partial charge in [0.25, 0.3) is 30.4 Å². The lowest BCUT2D eigenvalue weighted by atomic mass is 10.1. The van der Waals surface area contributed by atoms with Crippen LogP contribution in [-0.4, -0.2) is 79.8 Å². The molecular formula is C32H29FN8O13S4. The van der Waals surface area contributed by atoms with Gasteiger partial charge in [-0.3, -0.25) is 18.5 Å².